The number of alkyl halides is 1. The monoisotopic (exact) mass is 466 g/mol. The van der Waals surface area contributed by atoms with Crippen molar-refractivity contribution in [1.82, 2.24) is 9.55 Å². The van der Waals surface area contributed by atoms with E-state index in [4.69, 9.17) is 14.2 Å². The van der Waals surface area contributed by atoms with Crippen molar-refractivity contribution in [2.24, 2.45) is 0 Å². The molecule has 1 saturated heterocycles. The maximum atomic E-state index is 16.1. The molecule has 176 valence electrons. The van der Waals surface area contributed by atoms with Crippen LogP contribution in [-0.2, 0) is 14.2 Å². The molecule has 2 aromatic carbocycles. The van der Waals surface area contributed by atoms with Gasteiger partial charge in [-0.05, 0) is 44.2 Å². The second-order valence-corrected chi connectivity index (χ2v) is 8.09. The lowest BCUT2D eigenvalue weighted by Gasteiger charge is -2.27. The summed E-state index contributed by atoms with van der Waals surface area (Å²) in [6.07, 6.45) is -2.74. The number of esters is 2. The number of nitrogens with zero attached hydrogens (tertiary/aromatic N) is 2. The average Bonchev–Trinajstić information content (AvgIpc) is 3.08. The van der Waals surface area contributed by atoms with E-state index in [1.54, 1.807) is 55.5 Å². The van der Waals surface area contributed by atoms with Crippen LogP contribution in [0.4, 0.5) is 4.39 Å². The molecule has 8 nitrogen and oxygen atoms in total. The molecule has 2 heterocycles. The van der Waals surface area contributed by atoms with Gasteiger partial charge in [-0.3, -0.25) is 4.57 Å². The van der Waals surface area contributed by atoms with Gasteiger partial charge in [-0.25, -0.2) is 18.8 Å². The Bertz CT molecular complexity index is 1230. The fraction of sp³-hybridized carbons (Fsp3) is 0.280. The molecule has 34 heavy (non-hydrogen) atoms. The van der Waals surface area contributed by atoms with E-state index >= 15 is 4.39 Å². The van der Waals surface area contributed by atoms with Crippen LogP contribution in [0.5, 0.6) is 0 Å². The van der Waals surface area contributed by atoms with Crippen molar-refractivity contribution in [3.63, 3.8) is 0 Å². The highest BCUT2D eigenvalue weighted by molar-refractivity contribution is 5.90. The molecule has 0 amide bonds. The van der Waals surface area contributed by atoms with Crippen LogP contribution in [0.2, 0.25) is 0 Å². The third kappa shape index (κ3) is 4.74. The topological polar surface area (TPSA) is 96.7 Å². The smallest absolute Gasteiger partial charge is 0.349 e. The van der Waals surface area contributed by atoms with E-state index in [1.807, 2.05) is 0 Å². The van der Waals surface area contributed by atoms with Crippen LogP contribution in [0.1, 0.15) is 39.6 Å². The zero-order valence-corrected chi connectivity index (χ0v) is 18.6. The Kier molecular flexibility index (Phi) is 6.56. The number of halogens is 1. The molecule has 1 aliphatic heterocycles. The van der Waals surface area contributed by atoms with Gasteiger partial charge in [0.15, 0.2) is 18.0 Å². The number of aromatic nitrogens is 2. The van der Waals surface area contributed by atoms with Crippen molar-refractivity contribution in [2.45, 2.75) is 38.0 Å². The predicted molar refractivity (Wildman–Crippen MR) is 119 cm³/mol. The summed E-state index contributed by atoms with van der Waals surface area (Å²) in [5.74, 6) is -1.41. The molecule has 1 fully saturated rings. The van der Waals surface area contributed by atoms with Crippen LogP contribution >= 0.6 is 0 Å². The van der Waals surface area contributed by atoms with Crippen LogP contribution in [-0.4, -0.2) is 46.0 Å². The molecule has 0 saturated carbocycles. The van der Waals surface area contributed by atoms with Crippen molar-refractivity contribution in [3.05, 3.63) is 100 Å². The Morgan fingerprint density at radius 1 is 1.03 bits per heavy atom. The lowest BCUT2D eigenvalue weighted by molar-refractivity contribution is -0.0648. The maximum absolute atomic E-state index is 16.1. The van der Waals surface area contributed by atoms with Crippen molar-refractivity contribution in [1.29, 1.82) is 0 Å². The van der Waals surface area contributed by atoms with E-state index in [-0.39, 0.29) is 5.56 Å². The second kappa shape index (κ2) is 9.56. The molecule has 0 aliphatic carbocycles. The van der Waals surface area contributed by atoms with Crippen molar-refractivity contribution >= 4 is 11.9 Å². The zero-order chi connectivity index (χ0) is 24.3. The van der Waals surface area contributed by atoms with Crippen LogP contribution in [0.3, 0.4) is 0 Å². The molecule has 1 aromatic heterocycles. The molecule has 0 N–H and O–H groups in total. The normalized spacial score (nSPS) is 23.9. The first-order valence-corrected chi connectivity index (χ1v) is 10.7. The summed E-state index contributed by atoms with van der Waals surface area (Å²) in [7, 11) is 0. The lowest BCUT2D eigenvalue weighted by Crippen LogP contribution is -2.45. The van der Waals surface area contributed by atoms with Crippen LogP contribution in [0, 0.1) is 6.92 Å². The van der Waals surface area contributed by atoms with E-state index in [1.165, 1.54) is 31.3 Å². The average molecular weight is 466 g/mol. The number of benzene rings is 2. The van der Waals surface area contributed by atoms with Gasteiger partial charge >= 0.3 is 17.6 Å². The molecule has 0 radical (unpaired) electrons. The van der Waals surface area contributed by atoms with Gasteiger partial charge in [-0.2, -0.15) is 4.98 Å². The molecule has 4 rings (SSSR count). The molecule has 0 bridgehead atoms. The fourth-order valence-corrected chi connectivity index (χ4v) is 3.78. The molecule has 4 atom stereocenters. The van der Waals surface area contributed by atoms with Gasteiger partial charge in [0.1, 0.15) is 12.7 Å². The minimum atomic E-state index is -2.34. The van der Waals surface area contributed by atoms with Gasteiger partial charge < -0.3 is 14.2 Å². The first kappa shape index (κ1) is 23.3. The summed E-state index contributed by atoms with van der Waals surface area (Å²) >= 11 is 0. The number of aryl methyl sites for hydroxylation is 1. The number of hydrogen-bond donors (Lipinski definition) is 0. The third-order valence-corrected chi connectivity index (χ3v) is 5.53. The Labute approximate surface area is 194 Å². The Hall–Kier alpha value is -3.85. The Morgan fingerprint density at radius 2 is 1.62 bits per heavy atom. The SMILES string of the molecule is Cc1ccn([C@@H]2O[C@H](COC(=O)c3ccccc3)[C@@H](OC(=O)c3ccccc3)[C@@]2(C)F)c(=O)n1. The molecule has 9 heteroatoms. The minimum Gasteiger partial charge on any atom is -0.459 e. The molecular weight excluding hydrogens is 443 g/mol. The number of hydrogen-bond acceptors (Lipinski definition) is 7. The summed E-state index contributed by atoms with van der Waals surface area (Å²) in [5.41, 5.74) is -2.08. The highest BCUT2D eigenvalue weighted by Gasteiger charge is 2.58. The van der Waals surface area contributed by atoms with E-state index in [9.17, 15) is 14.4 Å². The van der Waals surface area contributed by atoms with Gasteiger partial charge in [0.25, 0.3) is 0 Å². The second-order valence-electron chi connectivity index (χ2n) is 8.09. The first-order chi connectivity index (χ1) is 16.3. The van der Waals surface area contributed by atoms with Gasteiger partial charge in [-0.1, -0.05) is 36.4 Å². The van der Waals surface area contributed by atoms with E-state index in [2.05, 4.69) is 4.98 Å². The van der Waals surface area contributed by atoms with E-state index < -0.39 is 48.3 Å². The van der Waals surface area contributed by atoms with Gasteiger partial charge in [-0.15, -0.1) is 0 Å². The number of carbonyl (C=O) groups is 2. The summed E-state index contributed by atoms with van der Waals surface area (Å²) in [4.78, 5) is 41.4. The predicted octanol–water partition coefficient (Wildman–Crippen LogP) is 3.26. The summed E-state index contributed by atoms with van der Waals surface area (Å²) < 4.78 is 33.8. The van der Waals surface area contributed by atoms with Gasteiger partial charge in [0.05, 0.1) is 11.1 Å². The Morgan fingerprint density at radius 3 is 2.21 bits per heavy atom. The van der Waals surface area contributed by atoms with Crippen molar-refractivity contribution < 1.29 is 28.2 Å². The quantitative estimate of drug-likeness (QED) is 0.515. The van der Waals surface area contributed by atoms with Crippen LogP contribution in [0.15, 0.2) is 77.7 Å². The lowest BCUT2D eigenvalue weighted by atomic mass is 9.98. The maximum Gasteiger partial charge on any atom is 0.349 e. The largest absolute Gasteiger partial charge is 0.459 e. The van der Waals surface area contributed by atoms with E-state index in [0.29, 0.717) is 11.3 Å². The molecule has 3 aromatic rings. The molecule has 1 aliphatic rings. The number of carbonyl (C=O) groups excluding carboxylic acids is 2. The molecule has 0 unspecified atom stereocenters. The van der Waals surface area contributed by atoms with Crippen LogP contribution in [0.25, 0.3) is 0 Å². The highest BCUT2D eigenvalue weighted by Crippen LogP contribution is 2.43. The minimum absolute atomic E-state index is 0.218. The van der Waals surface area contributed by atoms with Crippen LogP contribution < -0.4 is 5.69 Å². The molecule has 0 spiro atoms. The summed E-state index contributed by atoms with van der Waals surface area (Å²) in [6, 6.07) is 17.9. The third-order valence-electron chi connectivity index (χ3n) is 5.53. The highest BCUT2D eigenvalue weighted by atomic mass is 19.1. The Balaban J connectivity index is 1.61. The standard InChI is InChI=1S/C25H23FN2O6/c1-16-13-14-28(24(31)27-16)23-25(2,26)20(34-22(30)18-11-7-4-8-12-18)19(33-23)15-32-21(29)17-9-5-3-6-10-17/h3-14,19-20,23H,15H2,1-2H3/t19-,20-,23-,25-/m1/s1. The fourth-order valence-electron chi connectivity index (χ4n) is 3.78. The first-order valence-electron chi connectivity index (χ1n) is 10.7. The van der Waals surface area contributed by atoms with E-state index in [0.717, 1.165) is 4.57 Å². The summed E-state index contributed by atoms with van der Waals surface area (Å²) in [6.45, 7) is 2.41. The van der Waals surface area contributed by atoms with Crippen molar-refractivity contribution in [3.8, 4) is 0 Å². The molecular formula is C25H23FN2O6. The number of ether oxygens (including phenoxy) is 3. The van der Waals surface area contributed by atoms with Crippen molar-refractivity contribution in [2.75, 3.05) is 6.61 Å². The zero-order valence-electron chi connectivity index (χ0n) is 18.6. The number of rotatable bonds is 6. The van der Waals surface area contributed by atoms with Gasteiger partial charge in [0.2, 0.25) is 0 Å². The van der Waals surface area contributed by atoms with Gasteiger partial charge in [0, 0.05) is 11.9 Å². The summed E-state index contributed by atoms with van der Waals surface area (Å²) in [5, 5.41) is 0.